The molecule has 2 heterocycles. The van der Waals surface area contributed by atoms with Gasteiger partial charge in [-0.1, -0.05) is 29.8 Å². The SMILES string of the molecule is CCOc1c(/C(C)=C/C(=O)NCCCn2ccnc2)cc2c(-c3ccc(C)cc3)coc2c1C. The number of ether oxygens (including phenoxy) is 1. The lowest BCUT2D eigenvalue weighted by Gasteiger charge is -2.15. The molecule has 0 bridgehead atoms. The van der Waals surface area contributed by atoms with Crippen molar-refractivity contribution < 1.29 is 13.9 Å². The molecule has 0 aliphatic carbocycles. The molecule has 0 saturated carbocycles. The van der Waals surface area contributed by atoms with Gasteiger partial charge in [-0.3, -0.25) is 4.79 Å². The van der Waals surface area contributed by atoms with Crippen molar-refractivity contribution in [1.29, 1.82) is 0 Å². The Balaban J connectivity index is 1.61. The molecule has 2 aromatic heterocycles. The van der Waals surface area contributed by atoms with Gasteiger partial charge in [0, 0.05) is 53.6 Å². The molecule has 0 atom stereocenters. The Hall–Kier alpha value is -3.80. The second kappa shape index (κ2) is 10.4. The summed E-state index contributed by atoms with van der Waals surface area (Å²) < 4.78 is 14.0. The number of hydrogen-bond donors (Lipinski definition) is 1. The second-order valence-electron chi connectivity index (χ2n) is 8.48. The first kappa shape index (κ1) is 23.4. The van der Waals surface area contributed by atoms with E-state index in [-0.39, 0.29) is 5.91 Å². The third-order valence-corrected chi connectivity index (χ3v) is 5.92. The number of carbonyl (C=O) groups is 1. The van der Waals surface area contributed by atoms with E-state index in [9.17, 15) is 4.79 Å². The van der Waals surface area contributed by atoms with Gasteiger partial charge in [0.1, 0.15) is 11.3 Å². The fourth-order valence-electron chi connectivity index (χ4n) is 4.11. The molecule has 2 aromatic carbocycles. The van der Waals surface area contributed by atoms with E-state index < -0.39 is 0 Å². The summed E-state index contributed by atoms with van der Waals surface area (Å²) in [7, 11) is 0. The number of aryl methyl sites for hydroxylation is 3. The Bertz CT molecular complexity index is 1300. The van der Waals surface area contributed by atoms with Crippen LogP contribution in [0.1, 0.15) is 37.0 Å². The van der Waals surface area contributed by atoms with Gasteiger partial charge < -0.3 is 19.0 Å². The number of allylic oxidation sites excluding steroid dienone is 1. The van der Waals surface area contributed by atoms with Crippen molar-refractivity contribution in [3.05, 3.63) is 78.1 Å². The van der Waals surface area contributed by atoms with Crippen LogP contribution in [0.15, 0.2) is 65.8 Å². The van der Waals surface area contributed by atoms with Crippen molar-refractivity contribution in [2.75, 3.05) is 13.2 Å². The van der Waals surface area contributed by atoms with Gasteiger partial charge in [0.05, 0.1) is 19.2 Å². The summed E-state index contributed by atoms with van der Waals surface area (Å²) in [5.74, 6) is 0.635. The van der Waals surface area contributed by atoms with Crippen LogP contribution in [0.25, 0.3) is 27.7 Å². The summed E-state index contributed by atoms with van der Waals surface area (Å²) in [6, 6.07) is 10.5. The number of furan rings is 1. The number of hydrogen-bond acceptors (Lipinski definition) is 4. The molecule has 0 aliphatic heterocycles. The van der Waals surface area contributed by atoms with E-state index in [0.29, 0.717) is 13.2 Å². The zero-order valence-electron chi connectivity index (χ0n) is 20.2. The second-order valence-corrected chi connectivity index (χ2v) is 8.48. The van der Waals surface area contributed by atoms with Crippen molar-refractivity contribution in [2.24, 2.45) is 0 Å². The highest BCUT2D eigenvalue weighted by Crippen LogP contribution is 2.40. The molecule has 1 N–H and O–H groups in total. The maximum absolute atomic E-state index is 12.6. The molecule has 0 unspecified atom stereocenters. The van der Waals surface area contributed by atoms with Crippen LogP contribution in [0.4, 0.5) is 0 Å². The van der Waals surface area contributed by atoms with E-state index in [1.807, 2.05) is 31.5 Å². The smallest absolute Gasteiger partial charge is 0.244 e. The first-order valence-electron chi connectivity index (χ1n) is 11.6. The molecule has 0 fully saturated rings. The average molecular weight is 458 g/mol. The van der Waals surface area contributed by atoms with E-state index in [1.165, 1.54) is 5.56 Å². The molecular weight excluding hydrogens is 426 g/mol. The van der Waals surface area contributed by atoms with Crippen LogP contribution < -0.4 is 10.1 Å². The Kier molecular flexibility index (Phi) is 7.16. The number of fused-ring (bicyclic) bond motifs is 1. The lowest BCUT2D eigenvalue weighted by molar-refractivity contribution is -0.116. The third-order valence-electron chi connectivity index (χ3n) is 5.92. The Morgan fingerprint density at radius 3 is 2.74 bits per heavy atom. The molecule has 6 nitrogen and oxygen atoms in total. The number of carbonyl (C=O) groups excluding carboxylic acids is 1. The monoisotopic (exact) mass is 457 g/mol. The maximum Gasteiger partial charge on any atom is 0.244 e. The van der Waals surface area contributed by atoms with Crippen LogP contribution in [-0.4, -0.2) is 28.6 Å². The number of imidazole rings is 1. The fourth-order valence-corrected chi connectivity index (χ4v) is 4.11. The van der Waals surface area contributed by atoms with Gasteiger partial charge in [0.15, 0.2) is 0 Å². The van der Waals surface area contributed by atoms with Crippen LogP contribution >= 0.6 is 0 Å². The summed E-state index contributed by atoms with van der Waals surface area (Å²) >= 11 is 0. The number of amides is 1. The fraction of sp³-hybridized carbons (Fsp3) is 0.286. The predicted molar refractivity (Wildman–Crippen MR) is 136 cm³/mol. The minimum Gasteiger partial charge on any atom is -0.493 e. The molecule has 1 amide bonds. The molecule has 4 aromatic rings. The normalized spacial score (nSPS) is 11.7. The predicted octanol–water partition coefficient (Wildman–Crippen LogP) is 5.92. The lowest BCUT2D eigenvalue weighted by Crippen LogP contribution is -2.23. The number of aromatic nitrogens is 2. The topological polar surface area (TPSA) is 69.3 Å². The highest BCUT2D eigenvalue weighted by atomic mass is 16.5. The van der Waals surface area contributed by atoms with Crippen molar-refractivity contribution in [2.45, 2.75) is 40.7 Å². The number of rotatable bonds is 9. The summed E-state index contributed by atoms with van der Waals surface area (Å²) in [6.45, 7) is 9.91. The molecule has 0 saturated heterocycles. The summed E-state index contributed by atoms with van der Waals surface area (Å²) in [5.41, 5.74) is 6.81. The highest BCUT2D eigenvalue weighted by Gasteiger charge is 2.19. The maximum atomic E-state index is 12.6. The lowest BCUT2D eigenvalue weighted by atomic mass is 9.96. The quantitative estimate of drug-likeness (QED) is 0.250. The molecular formula is C28H31N3O3. The van der Waals surface area contributed by atoms with Gasteiger partial charge in [0.25, 0.3) is 0 Å². The van der Waals surface area contributed by atoms with Gasteiger partial charge in [-0.2, -0.15) is 0 Å². The average Bonchev–Trinajstić information content (AvgIpc) is 3.49. The molecule has 0 radical (unpaired) electrons. The van der Waals surface area contributed by atoms with Crippen molar-refractivity contribution in [3.8, 4) is 16.9 Å². The van der Waals surface area contributed by atoms with E-state index >= 15 is 0 Å². The summed E-state index contributed by atoms with van der Waals surface area (Å²) in [4.78, 5) is 16.6. The Labute approximate surface area is 200 Å². The zero-order valence-corrected chi connectivity index (χ0v) is 20.2. The van der Waals surface area contributed by atoms with Crippen LogP contribution in [0.5, 0.6) is 5.75 Å². The largest absolute Gasteiger partial charge is 0.493 e. The number of benzene rings is 2. The standard InChI is InChI=1S/C28H31N3O3/c1-5-33-27-21(4)28-24(25(17-34-28)22-9-7-19(2)8-10-22)16-23(27)20(3)15-26(32)30-11-6-13-31-14-12-29-18-31/h7-10,12,14-18H,5-6,11,13H2,1-4H3,(H,30,32)/b20-15+. The molecule has 176 valence electrons. The first-order chi connectivity index (χ1) is 16.5. The number of nitrogens with one attached hydrogen (secondary N) is 1. The van der Waals surface area contributed by atoms with E-state index in [2.05, 4.69) is 47.6 Å². The molecule has 4 rings (SSSR count). The van der Waals surface area contributed by atoms with Crippen molar-refractivity contribution in [3.63, 3.8) is 0 Å². The van der Waals surface area contributed by atoms with Crippen molar-refractivity contribution >= 4 is 22.4 Å². The zero-order chi connectivity index (χ0) is 24.1. The molecule has 34 heavy (non-hydrogen) atoms. The van der Waals surface area contributed by atoms with Crippen LogP contribution in [0.2, 0.25) is 0 Å². The third kappa shape index (κ3) is 5.06. The minimum absolute atomic E-state index is 0.116. The molecule has 0 spiro atoms. The van der Waals surface area contributed by atoms with E-state index in [0.717, 1.165) is 57.5 Å². The van der Waals surface area contributed by atoms with Gasteiger partial charge in [0.2, 0.25) is 5.91 Å². The van der Waals surface area contributed by atoms with E-state index in [1.54, 1.807) is 24.9 Å². The first-order valence-corrected chi connectivity index (χ1v) is 11.6. The van der Waals surface area contributed by atoms with Crippen LogP contribution in [0.3, 0.4) is 0 Å². The minimum atomic E-state index is -0.116. The van der Waals surface area contributed by atoms with Crippen LogP contribution in [0, 0.1) is 13.8 Å². The highest BCUT2D eigenvalue weighted by molar-refractivity contribution is 6.01. The Morgan fingerprint density at radius 1 is 1.24 bits per heavy atom. The van der Waals surface area contributed by atoms with Gasteiger partial charge in [-0.05, 0) is 51.3 Å². The van der Waals surface area contributed by atoms with Crippen molar-refractivity contribution in [1.82, 2.24) is 14.9 Å². The van der Waals surface area contributed by atoms with Crippen LogP contribution in [-0.2, 0) is 11.3 Å². The van der Waals surface area contributed by atoms with Gasteiger partial charge in [-0.25, -0.2) is 4.98 Å². The molecule has 0 aliphatic rings. The van der Waals surface area contributed by atoms with E-state index in [4.69, 9.17) is 9.15 Å². The Morgan fingerprint density at radius 2 is 2.03 bits per heavy atom. The van der Waals surface area contributed by atoms with Gasteiger partial charge in [-0.15, -0.1) is 0 Å². The molecule has 6 heteroatoms. The summed E-state index contributed by atoms with van der Waals surface area (Å²) in [5, 5.41) is 3.99. The number of nitrogens with zero attached hydrogens (tertiary/aromatic N) is 2. The van der Waals surface area contributed by atoms with Gasteiger partial charge >= 0.3 is 0 Å². The summed E-state index contributed by atoms with van der Waals surface area (Å²) in [6.07, 6.45) is 9.73.